The highest BCUT2D eigenvalue weighted by Gasteiger charge is 2.26. The average Bonchev–Trinajstić information content (AvgIpc) is 2.67. The average molecular weight is 411 g/mol. The smallest absolute Gasteiger partial charge is 0.330 e. The molecule has 0 heterocycles. The van der Waals surface area contributed by atoms with Crippen LogP contribution in [0.5, 0.6) is 0 Å². The van der Waals surface area contributed by atoms with Crippen molar-refractivity contribution in [3.05, 3.63) is 36.5 Å². The van der Waals surface area contributed by atoms with Crippen LogP contribution in [-0.2, 0) is 28.6 Å². The van der Waals surface area contributed by atoms with E-state index < -0.39 is 23.5 Å². The first-order valence-electron chi connectivity index (χ1n) is 9.97. The van der Waals surface area contributed by atoms with E-state index in [4.69, 9.17) is 14.2 Å². The first-order chi connectivity index (χ1) is 13.9. The Hall–Kier alpha value is -2.41. The summed E-state index contributed by atoms with van der Waals surface area (Å²) in [5, 5.41) is 11.0. The van der Waals surface area contributed by atoms with Crippen molar-refractivity contribution in [2.45, 2.75) is 64.9 Å². The quantitative estimate of drug-likeness (QED) is 0.191. The zero-order valence-electron chi connectivity index (χ0n) is 17.7. The number of hydrogen-bond donors (Lipinski definition) is 1. The third-order valence-corrected chi connectivity index (χ3v) is 4.00. The summed E-state index contributed by atoms with van der Waals surface area (Å²) in [6, 6.07) is 0. The number of allylic oxidation sites excluding steroid dienone is 3. The van der Waals surface area contributed by atoms with E-state index >= 15 is 0 Å². The Balaban J connectivity index is 4.48. The molecule has 7 heteroatoms. The lowest BCUT2D eigenvalue weighted by Gasteiger charge is -2.28. The maximum Gasteiger partial charge on any atom is 0.330 e. The zero-order chi connectivity index (χ0) is 22.0. The molecule has 0 spiro atoms. The van der Waals surface area contributed by atoms with Gasteiger partial charge in [-0.05, 0) is 59.3 Å². The van der Waals surface area contributed by atoms with Gasteiger partial charge in [0.15, 0.2) is 0 Å². The van der Waals surface area contributed by atoms with E-state index in [0.29, 0.717) is 38.5 Å². The number of ether oxygens (including phenoxy) is 3. The van der Waals surface area contributed by atoms with Crippen molar-refractivity contribution in [3.8, 4) is 0 Å². The largest absolute Gasteiger partial charge is 0.463 e. The fourth-order valence-electron chi connectivity index (χ4n) is 2.65. The van der Waals surface area contributed by atoms with Crippen molar-refractivity contribution >= 4 is 17.9 Å². The summed E-state index contributed by atoms with van der Waals surface area (Å²) in [5.74, 6) is -1.24. The van der Waals surface area contributed by atoms with Gasteiger partial charge in [0.05, 0.1) is 25.4 Å². The third kappa shape index (κ3) is 15.2. The second kappa shape index (κ2) is 16.5. The molecular formula is C22H34O7. The number of esters is 3. The molecule has 0 aliphatic carbocycles. The molecule has 0 aromatic rings. The van der Waals surface area contributed by atoms with Crippen molar-refractivity contribution in [1.82, 2.24) is 0 Å². The predicted molar refractivity (Wildman–Crippen MR) is 110 cm³/mol. The molecule has 0 atom stereocenters. The lowest BCUT2D eigenvalue weighted by molar-refractivity contribution is -0.138. The first-order valence-corrected chi connectivity index (χ1v) is 9.97. The highest BCUT2D eigenvalue weighted by atomic mass is 16.5. The Morgan fingerprint density at radius 2 is 0.931 bits per heavy atom. The van der Waals surface area contributed by atoms with Crippen LogP contribution in [0.25, 0.3) is 0 Å². The highest BCUT2D eigenvalue weighted by molar-refractivity contribution is 5.82. The minimum absolute atomic E-state index is 0.206. The maximum atomic E-state index is 11.3. The summed E-state index contributed by atoms with van der Waals surface area (Å²) in [4.78, 5) is 34.0. The summed E-state index contributed by atoms with van der Waals surface area (Å²) in [6.45, 7) is 5.80. The van der Waals surface area contributed by atoms with Crippen LogP contribution in [0.4, 0.5) is 0 Å². The molecule has 164 valence electrons. The number of hydrogen-bond acceptors (Lipinski definition) is 7. The molecule has 0 fully saturated rings. The molecule has 0 aliphatic rings. The van der Waals surface area contributed by atoms with E-state index in [9.17, 15) is 19.5 Å². The number of carbonyl (C=O) groups is 3. The van der Waals surface area contributed by atoms with Gasteiger partial charge < -0.3 is 19.3 Å². The van der Waals surface area contributed by atoms with Gasteiger partial charge in [-0.25, -0.2) is 14.4 Å². The lowest BCUT2D eigenvalue weighted by Crippen LogP contribution is -2.30. The molecule has 29 heavy (non-hydrogen) atoms. The Morgan fingerprint density at radius 1 is 0.655 bits per heavy atom. The SMILES string of the molecule is CC=CC(=O)OCCCC(O)(CCCOC(=O)C=CC)CCCOC(=O)C=CC. The van der Waals surface area contributed by atoms with Crippen molar-refractivity contribution in [1.29, 1.82) is 0 Å². The van der Waals surface area contributed by atoms with Crippen molar-refractivity contribution in [2.75, 3.05) is 19.8 Å². The van der Waals surface area contributed by atoms with E-state index in [0.717, 1.165) is 0 Å². The van der Waals surface area contributed by atoms with Gasteiger partial charge >= 0.3 is 17.9 Å². The van der Waals surface area contributed by atoms with Crippen molar-refractivity contribution in [2.24, 2.45) is 0 Å². The van der Waals surface area contributed by atoms with E-state index in [1.807, 2.05) is 0 Å². The van der Waals surface area contributed by atoms with Gasteiger partial charge in [-0.1, -0.05) is 18.2 Å². The predicted octanol–water partition coefficient (Wildman–Crippen LogP) is 3.42. The van der Waals surface area contributed by atoms with Gasteiger partial charge in [0.25, 0.3) is 0 Å². The van der Waals surface area contributed by atoms with Gasteiger partial charge in [0.1, 0.15) is 0 Å². The second-order valence-electron chi connectivity index (χ2n) is 6.54. The normalized spacial score (nSPS) is 13.7. The first kappa shape index (κ1) is 26.6. The van der Waals surface area contributed by atoms with Gasteiger partial charge in [-0.3, -0.25) is 0 Å². The van der Waals surface area contributed by atoms with Crippen molar-refractivity contribution in [3.63, 3.8) is 0 Å². The number of rotatable bonds is 15. The van der Waals surface area contributed by atoms with Crippen LogP contribution in [0.15, 0.2) is 36.5 Å². The molecule has 0 radical (unpaired) electrons. The Labute approximate surface area is 173 Å². The van der Waals surface area contributed by atoms with Crippen LogP contribution in [0.3, 0.4) is 0 Å². The molecule has 1 N–H and O–H groups in total. The van der Waals surface area contributed by atoms with Crippen LogP contribution >= 0.6 is 0 Å². The summed E-state index contributed by atoms with van der Waals surface area (Å²) in [5.41, 5.74) is -1.02. The molecule has 0 unspecified atom stereocenters. The Morgan fingerprint density at radius 3 is 1.17 bits per heavy atom. The molecule has 7 nitrogen and oxygen atoms in total. The summed E-state index contributed by atoms with van der Waals surface area (Å²) in [6.07, 6.45) is 11.6. The molecule has 0 aromatic carbocycles. The molecule has 0 aliphatic heterocycles. The van der Waals surface area contributed by atoms with Gasteiger partial charge in [0.2, 0.25) is 0 Å². The summed E-state index contributed by atoms with van der Waals surface area (Å²) >= 11 is 0. The van der Waals surface area contributed by atoms with Crippen LogP contribution in [0, 0.1) is 0 Å². The Kier molecular flexibility index (Phi) is 15.2. The fraction of sp³-hybridized carbons (Fsp3) is 0.591. The number of aliphatic hydroxyl groups is 1. The van der Waals surface area contributed by atoms with Gasteiger partial charge in [-0.2, -0.15) is 0 Å². The van der Waals surface area contributed by atoms with E-state index in [1.54, 1.807) is 39.0 Å². The van der Waals surface area contributed by atoms with Crippen LogP contribution in [0.2, 0.25) is 0 Å². The molecule has 0 saturated heterocycles. The molecule has 0 saturated carbocycles. The van der Waals surface area contributed by atoms with E-state index in [-0.39, 0.29) is 19.8 Å². The monoisotopic (exact) mass is 410 g/mol. The van der Waals surface area contributed by atoms with Crippen LogP contribution < -0.4 is 0 Å². The van der Waals surface area contributed by atoms with Crippen LogP contribution in [-0.4, -0.2) is 48.4 Å². The molecule has 0 bridgehead atoms. The molecular weight excluding hydrogens is 376 g/mol. The Bertz CT molecular complexity index is 497. The molecule has 0 aromatic heterocycles. The topological polar surface area (TPSA) is 99.1 Å². The molecule has 0 amide bonds. The van der Waals surface area contributed by atoms with Gasteiger partial charge in [0, 0.05) is 18.2 Å². The second-order valence-corrected chi connectivity index (χ2v) is 6.54. The zero-order valence-corrected chi connectivity index (χ0v) is 17.7. The van der Waals surface area contributed by atoms with E-state index in [2.05, 4.69) is 0 Å². The number of carbonyl (C=O) groups excluding carboxylic acids is 3. The van der Waals surface area contributed by atoms with Crippen LogP contribution in [0.1, 0.15) is 59.3 Å². The lowest BCUT2D eigenvalue weighted by atomic mass is 9.88. The van der Waals surface area contributed by atoms with Gasteiger partial charge in [-0.15, -0.1) is 0 Å². The fourth-order valence-corrected chi connectivity index (χ4v) is 2.65. The third-order valence-electron chi connectivity index (χ3n) is 4.00. The van der Waals surface area contributed by atoms with Crippen molar-refractivity contribution < 1.29 is 33.7 Å². The standard InChI is InChI=1S/C22H34O7/c1-4-10-19(23)27-16-7-13-22(26,14-8-17-28-20(24)11-5-2)15-9-18-29-21(25)12-6-3/h4-6,10-12,26H,7-9,13-18H2,1-3H3. The van der Waals surface area contributed by atoms with E-state index in [1.165, 1.54) is 18.2 Å². The summed E-state index contributed by atoms with van der Waals surface area (Å²) < 4.78 is 15.2. The minimum atomic E-state index is -1.02. The maximum absolute atomic E-state index is 11.3. The molecule has 0 rings (SSSR count). The highest BCUT2D eigenvalue weighted by Crippen LogP contribution is 2.25. The minimum Gasteiger partial charge on any atom is -0.463 e. The summed E-state index contributed by atoms with van der Waals surface area (Å²) in [7, 11) is 0.